The van der Waals surface area contributed by atoms with Crippen LogP contribution in [-0.4, -0.2) is 19.1 Å². The first-order valence-electron chi connectivity index (χ1n) is 7.97. The van der Waals surface area contributed by atoms with Crippen molar-refractivity contribution in [1.29, 1.82) is 0 Å². The van der Waals surface area contributed by atoms with E-state index in [0.717, 1.165) is 37.2 Å². The number of nitrogens with one attached hydrogen (secondary N) is 1. The standard InChI is InChI=1S/C17H27FN2/c1-4-11-19-13(3)17-15(18)7-6-8-16(17)20(12-5-2)14-9-10-14/h6-8,13-14,19H,4-5,9-12H2,1-3H3. The van der Waals surface area contributed by atoms with E-state index in [9.17, 15) is 4.39 Å². The van der Waals surface area contributed by atoms with Gasteiger partial charge in [0.15, 0.2) is 0 Å². The molecule has 1 aliphatic carbocycles. The van der Waals surface area contributed by atoms with Gasteiger partial charge in [0.05, 0.1) is 0 Å². The monoisotopic (exact) mass is 278 g/mol. The summed E-state index contributed by atoms with van der Waals surface area (Å²) >= 11 is 0. The third-order valence-corrected chi connectivity index (χ3v) is 3.93. The molecule has 0 amide bonds. The van der Waals surface area contributed by atoms with Crippen molar-refractivity contribution in [3.8, 4) is 0 Å². The van der Waals surface area contributed by atoms with E-state index in [1.165, 1.54) is 12.8 Å². The van der Waals surface area contributed by atoms with Crippen molar-refractivity contribution in [2.75, 3.05) is 18.0 Å². The van der Waals surface area contributed by atoms with Gasteiger partial charge in [-0.1, -0.05) is 19.9 Å². The minimum absolute atomic E-state index is 0.0595. The zero-order valence-electron chi connectivity index (χ0n) is 13.0. The van der Waals surface area contributed by atoms with Crippen molar-refractivity contribution in [2.24, 2.45) is 0 Å². The van der Waals surface area contributed by atoms with Crippen LogP contribution >= 0.6 is 0 Å². The van der Waals surface area contributed by atoms with E-state index in [4.69, 9.17) is 0 Å². The Balaban J connectivity index is 2.28. The maximum Gasteiger partial charge on any atom is 0.130 e. The molecule has 2 rings (SSSR count). The largest absolute Gasteiger partial charge is 0.368 e. The van der Waals surface area contributed by atoms with Crippen LogP contribution in [-0.2, 0) is 0 Å². The van der Waals surface area contributed by atoms with Crippen LogP contribution in [0, 0.1) is 5.82 Å². The van der Waals surface area contributed by atoms with Crippen LogP contribution in [0.3, 0.4) is 0 Å². The van der Waals surface area contributed by atoms with Gasteiger partial charge in [-0.3, -0.25) is 0 Å². The summed E-state index contributed by atoms with van der Waals surface area (Å²) in [5.41, 5.74) is 1.92. The number of benzene rings is 1. The van der Waals surface area contributed by atoms with Crippen LogP contribution < -0.4 is 10.2 Å². The van der Waals surface area contributed by atoms with Gasteiger partial charge in [0, 0.05) is 29.9 Å². The van der Waals surface area contributed by atoms with Crippen LogP contribution in [0.25, 0.3) is 0 Å². The number of hydrogen-bond acceptors (Lipinski definition) is 2. The lowest BCUT2D eigenvalue weighted by Crippen LogP contribution is -2.30. The van der Waals surface area contributed by atoms with Crippen LogP contribution in [0.5, 0.6) is 0 Å². The summed E-state index contributed by atoms with van der Waals surface area (Å²) in [7, 11) is 0. The molecule has 0 spiro atoms. The maximum absolute atomic E-state index is 14.3. The fourth-order valence-electron chi connectivity index (χ4n) is 2.79. The molecule has 1 aromatic rings. The van der Waals surface area contributed by atoms with Gasteiger partial charge < -0.3 is 10.2 Å². The van der Waals surface area contributed by atoms with E-state index < -0.39 is 0 Å². The van der Waals surface area contributed by atoms with Crippen LogP contribution in [0.15, 0.2) is 18.2 Å². The first-order valence-corrected chi connectivity index (χ1v) is 7.97. The molecule has 1 aliphatic rings. The molecule has 0 aliphatic heterocycles. The van der Waals surface area contributed by atoms with E-state index in [1.807, 2.05) is 6.07 Å². The average molecular weight is 278 g/mol. The topological polar surface area (TPSA) is 15.3 Å². The SMILES string of the molecule is CCCNC(C)c1c(F)cccc1N(CCC)C1CC1. The quantitative estimate of drug-likeness (QED) is 0.764. The molecule has 112 valence electrons. The number of nitrogens with zero attached hydrogens (tertiary/aromatic N) is 1. The van der Waals surface area contributed by atoms with Crippen molar-refractivity contribution in [3.05, 3.63) is 29.6 Å². The van der Waals surface area contributed by atoms with Crippen molar-refractivity contribution in [3.63, 3.8) is 0 Å². The predicted octanol–water partition coefficient (Wildman–Crippen LogP) is 4.27. The number of rotatable bonds is 8. The molecular weight excluding hydrogens is 251 g/mol. The summed E-state index contributed by atoms with van der Waals surface area (Å²) in [4.78, 5) is 2.41. The Morgan fingerprint density at radius 3 is 2.65 bits per heavy atom. The molecule has 1 unspecified atom stereocenters. The second-order valence-corrected chi connectivity index (χ2v) is 5.77. The fourth-order valence-corrected chi connectivity index (χ4v) is 2.79. The molecule has 1 fully saturated rings. The first kappa shape index (κ1) is 15.3. The van der Waals surface area contributed by atoms with E-state index in [1.54, 1.807) is 6.07 Å². The summed E-state index contributed by atoms with van der Waals surface area (Å²) in [5.74, 6) is -0.0830. The molecule has 0 bridgehead atoms. The highest BCUT2D eigenvalue weighted by atomic mass is 19.1. The highest BCUT2D eigenvalue weighted by Crippen LogP contribution is 2.36. The lowest BCUT2D eigenvalue weighted by Gasteiger charge is -2.29. The second-order valence-electron chi connectivity index (χ2n) is 5.77. The molecular formula is C17H27FN2. The second kappa shape index (κ2) is 7.07. The zero-order valence-corrected chi connectivity index (χ0v) is 13.0. The molecule has 0 aromatic heterocycles. The third kappa shape index (κ3) is 3.51. The Labute approximate surface area is 122 Å². The highest BCUT2D eigenvalue weighted by Gasteiger charge is 2.31. The molecule has 1 aromatic carbocycles. The molecule has 1 atom stereocenters. The lowest BCUT2D eigenvalue weighted by molar-refractivity contribution is 0.525. The minimum Gasteiger partial charge on any atom is -0.368 e. The van der Waals surface area contributed by atoms with Gasteiger partial charge >= 0.3 is 0 Å². The van der Waals surface area contributed by atoms with E-state index >= 15 is 0 Å². The number of hydrogen-bond donors (Lipinski definition) is 1. The zero-order chi connectivity index (χ0) is 14.5. The summed E-state index contributed by atoms with van der Waals surface area (Å²) in [6.45, 7) is 8.32. The first-order chi connectivity index (χ1) is 9.69. The molecule has 2 nitrogen and oxygen atoms in total. The smallest absolute Gasteiger partial charge is 0.130 e. The Kier molecular flexibility index (Phi) is 5.41. The minimum atomic E-state index is -0.0830. The van der Waals surface area contributed by atoms with Crippen LogP contribution in [0.1, 0.15) is 58.1 Å². The Morgan fingerprint density at radius 2 is 2.05 bits per heavy atom. The fraction of sp³-hybridized carbons (Fsp3) is 0.647. The van der Waals surface area contributed by atoms with E-state index in [0.29, 0.717) is 6.04 Å². The van der Waals surface area contributed by atoms with Crippen molar-refractivity contribution in [2.45, 2.75) is 58.5 Å². The van der Waals surface area contributed by atoms with Gasteiger partial charge in [-0.2, -0.15) is 0 Å². The van der Waals surface area contributed by atoms with Crippen molar-refractivity contribution in [1.82, 2.24) is 5.32 Å². The number of anilines is 1. The molecule has 0 saturated heterocycles. The summed E-state index contributed by atoms with van der Waals surface area (Å²) in [5, 5.41) is 3.42. The van der Waals surface area contributed by atoms with Gasteiger partial charge in [-0.05, 0) is 51.3 Å². The highest BCUT2D eigenvalue weighted by molar-refractivity contribution is 5.57. The summed E-state index contributed by atoms with van der Waals surface area (Å²) < 4.78 is 14.3. The molecule has 3 heteroatoms. The normalized spacial score (nSPS) is 16.2. The van der Waals surface area contributed by atoms with E-state index in [-0.39, 0.29) is 11.9 Å². The van der Waals surface area contributed by atoms with Gasteiger partial charge in [-0.25, -0.2) is 4.39 Å². The summed E-state index contributed by atoms with van der Waals surface area (Å²) in [6, 6.07) is 6.18. The third-order valence-electron chi connectivity index (χ3n) is 3.93. The van der Waals surface area contributed by atoms with Gasteiger partial charge in [-0.15, -0.1) is 0 Å². The molecule has 1 N–H and O–H groups in total. The maximum atomic E-state index is 14.3. The van der Waals surface area contributed by atoms with Crippen molar-refractivity contribution < 1.29 is 4.39 Å². The Bertz CT molecular complexity index is 429. The Hall–Kier alpha value is -1.09. The predicted molar refractivity (Wildman–Crippen MR) is 83.8 cm³/mol. The summed E-state index contributed by atoms with van der Waals surface area (Å²) in [6.07, 6.45) is 4.65. The van der Waals surface area contributed by atoms with Crippen LogP contribution in [0.4, 0.5) is 10.1 Å². The van der Waals surface area contributed by atoms with Gasteiger partial charge in [0.1, 0.15) is 5.82 Å². The Morgan fingerprint density at radius 1 is 1.30 bits per heavy atom. The molecule has 1 saturated carbocycles. The molecule has 0 radical (unpaired) electrons. The van der Waals surface area contributed by atoms with E-state index in [2.05, 4.69) is 37.1 Å². The molecule has 0 heterocycles. The molecule has 20 heavy (non-hydrogen) atoms. The van der Waals surface area contributed by atoms with Gasteiger partial charge in [0.25, 0.3) is 0 Å². The van der Waals surface area contributed by atoms with Crippen LogP contribution in [0.2, 0.25) is 0 Å². The van der Waals surface area contributed by atoms with Gasteiger partial charge in [0.2, 0.25) is 0 Å². The average Bonchev–Trinajstić information content (AvgIpc) is 3.26. The number of halogens is 1. The lowest BCUT2D eigenvalue weighted by atomic mass is 10.0. The van der Waals surface area contributed by atoms with Crippen molar-refractivity contribution >= 4 is 5.69 Å².